The summed E-state index contributed by atoms with van der Waals surface area (Å²) in [7, 11) is 3.62. The van der Waals surface area contributed by atoms with Gasteiger partial charge in [0.1, 0.15) is 11.6 Å². The minimum absolute atomic E-state index is 0.0234. The topological polar surface area (TPSA) is 76.6 Å². The van der Waals surface area contributed by atoms with Crippen LogP contribution in [0.3, 0.4) is 0 Å². The third kappa shape index (κ3) is 3.41. The van der Waals surface area contributed by atoms with Crippen LogP contribution in [0.15, 0.2) is 42.5 Å². The number of imidazole rings is 1. The van der Waals surface area contributed by atoms with E-state index in [4.69, 9.17) is 15.5 Å². The number of anilines is 1. The van der Waals surface area contributed by atoms with E-state index in [1.165, 1.54) is 0 Å². The van der Waals surface area contributed by atoms with Gasteiger partial charge in [-0.2, -0.15) is 0 Å². The van der Waals surface area contributed by atoms with E-state index in [0.717, 1.165) is 42.2 Å². The Kier molecular flexibility index (Phi) is 4.92. The second kappa shape index (κ2) is 7.52. The zero-order valence-corrected chi connectivity index (χ0v) is 16.3. The van der Waals surface area contributed by atoms with Crippen LogP contribution < -0.4 is 10.5 Å². The predicted molar refractivity (Wildman–Crippen MR) is 109 cm³/mol. The van der Waals surface area contributed by atoms with Crippen molar-refractivity contribution in [2.75, 3.05) is 39.0 Å². The molecule has 3 aromatic rings. The average Bonchev–Trinajstić information content (AvgIpc) is 3.02. The molecule has 2 N–H and O–H groups in total. The summed E-state index contributed by atoms with van der Waals surface area (Å²) >= 11 is 0. The summed E-state index contributed by atoms with van der Waals surface area (Å²) < 4.78 is 7.44. The van der Waals surface area contributed by atoms with Crippen LogP contribution in [0.25, 0.3) is 11.0 Å². The fourth-order valence-corrected chi connectivity index (χ4v) is 3.71. The van der Waals surface area contributed by atoms with Gasteiger partial charge in [-0.15, -0.1) is 0 Å². The molecule has 1 amide bonds. The summed E-state index contributed by atoms with van der Waals surface area (Å²) in [6.45, 7) is 3.75. The highest BCUT2D eigenvalue weighted by atomic mass is 16.5. The Morgan fingerprint density at radius 1 is 1.14 bits per heavy atom. The number of aryl methyl sites for hydroxylation is 1. The lowest BCUT2D eigenvalue weighted by Crippen LogP contribution is -2.48. The van der Waals surface area contributed by atoms with Gasteiger partial charge in [-0.1, -0.05) is 12.1 Å². The van der Waals surface area contributed by atoms with E-state index in [9.17, 15) is 4.79 Å². The van der Waals surface area contributed by atoms with Gasteiger partial charge < -0.3 is 19.9 Å². The molecule has 1 aliphatic heterocycles. The lowest BCUT2D eigenvalue weighted by atomic mass is 10.1. The number of fused-ring (bicyclic) bond motifs is 1. The van der Waals surface area contributed by atoms with E-state index >= 15 is 0 Å². The summed E-state index contributed by atoms with van der Waals surface area (Å²) in [5.74, 6) is 1.65. The number of methoxy groups -OCH3 is 1. The summed E-state index contributed by atoms with van der Waals surface area (Å²) in [6, 6.07) is 13.2. The molecular weight excluding hydrogens is 354 g/mol. The quantitative estimate of drug-likeness (QED) is 0.703. The number of ether oxygens (including phenoxy) is 1. The first kappa shape index (κ1) is 18.3. The van der Waals surface area contributed by atoms with Crippen molar-refractivity contribution in [3.05, 3.63) is 53.9 Å². The van der Waals surface area contributed by atoms with Crippen molar-refractivity contribution in [1.82, 2.24) is 19.4 Å². The Morgan fingerprint density at radius 3 is 2.64 bits per heavy atom. The Labute approximate surface area is 164 Å². The molecule has 0 spiro atoms. The minimum atomic E-state index is 0.0234. The van der Waals surface area contributed by atoms with Gasteiger partial charge in [0.2, 0.25) is 0 Å². The highest BCUT2D eigenvalue weighted by Crippen LogP contribution is 2.22. The summed E-state index contributed by atoms with van der Waals surface area (Å²) in [4.78, 5) is 21.8. The average molecular weight is 379 g/mol. The Balaban J connectivity index is 1.42. The zero-order chi connectivity index (χ0) is 19.7. The fourth-order valence-electron chi connectivity index (χ4n) is 3.71. The van der Waals surface area contributed by atoms with Gasteiger partial charge in [-0.05, 0) is 30.3 Å². The molecule has 0 atom stereocenters. The first-order chi connectivity index (χ1) is 13.6. The van der Waals surface area contributed by atoms with Crippen molar-refractivity contribution >= 4 is 22.6 Å². The maximum absolute atomic E-state index is 12.8. The minimum Gasteiger partial charge on any atom is -0.496 e. The molecule has 1 aromatic heterocycles. The molecule has 4 rings (SSSR count). The number of aromatic nitrogens is 2. The van der Waals surface area contributed by atoms with Crippen LogP contribution in [0.5, 0.6) is 5.75 Å². The van der Waals surface area contributed by atoms with Crippen molar-refractivity contribution in [3.63, 3.8) is 0 Å². The highest BCUT2D eigenvalue weighted by Gasteiger charge is 2.25. The number of nitrogens with zero attached hydrogens (tertiary/aromatic N) is 4. The number of benzene rings is 2. The number of carbonyl (C=O) groups excluding carboxylic acids is 1. The van der Waals surface area contributed by atoms with Crippen molar-refractivity contribution in [1.29, 1.82) is 0 Å². The number of nitrogen functional groups attached to an aromatic ring is 1. The Morgan fingerprint density at radius 2 is 1.89 bits per heavy atom. The molecule has 7 heteroatoms. The van der Waals surface area contributed by atoms with Gasteiger partial charge in [0.15, 0.2) is 0 Å². The molecule has 1 aliphatic rings. The first-order valence-electron chi connectivity index (χ1n) is 9.42. The predicted octanol–water partition coefficient (Wildman–Crippen LogP) is 2.12. The number of rotatable bonds is 4. The van der Waals surface area contributed by atoms with E-state index < -0.39 is 0 Å². The van der Waals surface area contributed by atoms with Crippen LogP contribution >= 0.6 is 0 Å². The maximum atomic E-state index is 12.8. The van der Waals surface area contributed by atoms with Gasteiger partial charge in [-0.3, -0.25) is 9.69 Å². The van der Waals surface area contributed by atoms with Crippen molar-refractivity contribution in [3.8, 4) is 5.75 Å². The van der Waals surface area contributed by atoms with Crippen LogP contribution in [0.2, 0.25) is 0 Å². The third-order valence-electron chi connectivity index (χ3n) is 5.36. The smallest absolute Gasteiger partial charge is 0.257 e. The molecule has 0 unspecified atom stereocenters. The molecule has 0 saturated carbocycles. The van der Waals surface area contributed by atoms with E-state index in [0.29, 0.717) is 24.4 Å². The second-order valence-corrected chi connectivity index (χ2v) is 7.10. The number of nitrogens with two attached hydrogens (primary N) is 1. The van der Waals surface area contributed by atoms with Crippen LogP contribution in [-0.4, -0.2) is 58.5 Å². The van der Waals surface area contributed by atoms with E-state index in [1.807, 2.05) is 54.4 Å². The standard InChI is InChI=1S/C21H25N5O2/c1-24-18-8-7-15(22)13-17(18)23-20(24)14-25-9-11-26(12-10-25)21(27)16-5-3-4-6-19(16)28-2/h3-8,13H,9-12,14,22H2,1-2H3. The molecule has 0 radical (unpaired) electrons. The van der Waals surface area contributed by atoms with Crippen molar-refractivity contribution in [2.45, 2.75) is 6.54 Å². The van der Waals surface area contributed by atoms with Gasteiger partial charge in [0.25, 0.3) is 5.91 Å². The molecule has 146 valence electrons. The maximum Gasteiger partial charge on any atom is 0.257 e. The van der Waals surface area contributed by atoms with Crippen molar-refractivity contribution < 1.29 is 9.53 Å². The van der Waals surface area contributed by atoms with Crippen molar-refractivity contribution in [2.24, 2.45) is 7.05 Å². The lowest BCUT2D eigenvalue weighted by molar-refractivity contribution is 0.0621. The molecule has 7 nitrogen and oxygen atoms in total. The molecule has 28 heavy (non-hydrogen) atoms. The summed E-state index contributed by atoms with van der Waals surface area (Å²) in [5, 5.41) is 0. The molecular formula is C21H25N5O2. The van der Waals surface area contributed by atoms with Gasteiger partial charge in [-0.25, -0.2) is 4.98 Å². The fraction of sp³-hybridized carbons (Fsp3) is 0.333. The number of carbonyl (C=O) groups is 1. The van der Waals surface area contributed by atoms with Gasteiger partial charge >= 0.3 is 0 Å². The normalized spacial score (nSPS) is 15.1. The monoisotopic (exact) mass is 379 g/mol. The highest BCUT2D eigenvalue weighted by molar-refractivity contribution is 5.97. The lowest BCUT2D eigenvalue weighted by Gasteiger charge is -2.34. The van der Waals surface area contributed by atoms with E-state index in [1.54, 1.807) is 7.11 Å². The SMILES string of the molecule is COc1ccccc1C(=O)N1CCN(Cc2nc3cc(N)ccc3n2C)CC1. The number of hydrogen-bond acceptors (Lipinski definition) is 5. The van der Waals surface area contributed by atoms with E-state index in [2.05, 4.69) is 9.47 Å². The van der Waals surface area contributed by atoms with Gasteiger partial charge in [0, 0.05) is 38.9 Å². The number of hydrogen-bond donors (Lipinski definition) is 1. The second-order valence-electron chi connectivity index (χ2n) is 7.10. The molecule has 1 saturated heterocycles. The van der Waals surface area contributed by atoms with Gasteiger partial charge in [0.05, 0.1) is 30.3 Å². The molecule has 0 aliphatic carbocycles. The third-order valence-corrected chi connectivity index (χ3v) is 5.36. The summed E-state index contributed by atoms with van der Waals surface area (Å²) in [5.41, 5.74) is 9.21. The largest absolute Gasteiger partial charge is 0.496 e. The number of para-hydroxylation sites is 1. The number of amides is 1. The van der Waals surface area contributed by atoms with Crippen LogP contribution in [0.4, 0.5) is 5.69 Å². The van der Waals surface area contributed by atoms with Crippen LogP contribution in [-0.2, 0) is 13.6 Å². The van der Waals surface area contributed by atoms with E-state index in [-0.39, 0.29) is 5.91 Å². The van der Waals surface area contributed by atoms with Crippen LogP contribution in [0.1, 0.15) is 16.2 Å². The zero-order valence-electron chi connectivity index (χ0n) is 16.3. The van der Waals surface area contributed by atoms with Crippen LogP contribution in [0, 0.1) is 0 Å². The number of piperazine rings is 1. The first-order valence-corrected chi connectivity index (χ1v) is 9.42. The summed E-state index contributed by atoms with van der Waals surface area (Å²) in [6.07, 6.45) is 0. The molecule has 2 aromatic carbocycles. The Bertz CT molecular complexity index is 1010. The molecule has 1 fully saturated rings. The molecule has 0 bridgehead atoms. The molecule has 2 heterocycles. The Hall–Kier alpha value is -3.06.